The minimum absolute atomic E-state index is 0.0249. The molecule has 1 amide bonds. The van der Waals surface area contributed by atoms with E-state index in [2.05, 4.69) is 10.5 Å². The Balaban J connectivity index is 0.00000301. The van der Waals surface area contributed by atoms with Gasteiger partial charge in [-0.15, -0.1) is 0 Å². The van der Waals surface area contributed by atoms with Crippen molar-refractivity contribution in [2.45, 2.75) is 72.5 Å². The van der Waals surface area contributed by atoms with Crippen molar-refractivity contribution in [1.82, 2.24) is 15.4 Å². The lowest BCUT2D eigenvalue weighted by Gasteiger charge is -2.36. The van der Waals surface area contributed by atoms with Gasteiger partial charge in [0.15, 0.2) is 16.0 Å². The Morgan fingerprint density at radius 1 is 1.31 bits per heavy atom. The van der Waals surface area contributed by atoms with E-state index in [9.17, 15) is 19.5 Å². The van der Waals surface area contributed by atoms with E-state index in [4.69, 9.17) is 16.0 Å². The van der Waals surface area contributed by atoms with Gasteiger partial charge >= 0.3 is 5.97 Å². The lowest BCUT2D eigenvalue weighted by Crippen LogP contribution is -2.54. The number of carboxylic acids is 1. The lowest BCUT2D eigenvalue weighted by atomic mass is 9.72. The zero-order valence-corrected chi connectivity index (χ0v) is 16.7. The molecule has 144 valence electrons. The molecule has 3 N–H and O–H groups in total. The van der Waals surface area contributed by atoms with E-state index < -0.39 is 35.3 Å². The molecule has 1 heterocycles. The van der Waals surface area contributed by atoms with Crippen LogP contribution in [0.4, 0.5) is 0 Å². The van der Waals surface area contributed by atoms with Crippen LogP contribution >= 0.6 is 0 Å². The summed E-state index contributed by atoms with van der Waals surface area (Å²) < 4.78 is 0. The largest absolute Gasteiger partial charge is 0.480 e. The molecule has 26 heavy (non-hydrogen) atoms. The number of carboxylic acid groups (broad SMARTS) is 1. The molecule has 0 aromatic heterocycles. The summed E-state index contributed by atoms with van der Waals surface area (Å²) in [7, 11) is 11.2. The van der Waals surface area contributed by atoms with E-state index in [0.717, 1.165) is 0 Å². The number of nitrogens with zero attached hydrogens (tertiary/aromatic N) is 1. The molecule has 1 rings (SSSR count). The standard InChI is InChI=1S/C15H25B2N3O4.C2H6/c1-8(21)6-15(3,4)9(2)12(14(23)24)18-13(22)11-5-10(19-16)7-20(11)17;1-2/h9-12,19H,5-7H2,1-4H3,(H,18,22)(H,23,24);1-2H3. The van der Waals surface area contributed by atoms with E-state index >= 15 is 0 Å². The van der Waals surface area contributed by atoms with Crippen molar-refractivity contribution in [2.24, 2.45) is 11.3 Å². The Labute approximate surface area is 159 Å². The predicted molar refractivity (Wildman–Crippen MR) is 103 cm³/mol. The van der Waals surface area contributed by atoms with Crippen molar-refractivity contribution in [1.29, 1.82) is 0 Å². The summed E-state index contributed by atoms with van der Waals surface area (Å²) in [4.78, 5) is 36.9. The van der Waals surface area contributed by atoms with E-state index in [1.165, 1.54) is 11.7 Å². The van der Waals surface area contributed by atoms with Gasteiger partial charge in [0.2, 0.25) is 5.91 Å². The third-order valence-electron chi connectivity index (χ3n) is 4.88. The fourth-order valence-corrected chi connectivity index (χ4v) is 3.14. The van der Waals surface area contributed by atoms with Crippen LogP contribution in [-0.4, -0.2) is 68.2 Å². The van der Waals surface area contributed by atoms with Gasteiger partial charge in [-0.05, 0) is 24.7 Å². The second-order valence-corrected chi connectivity index (χ2v) is 7.29. The van der Waals surface area contributed by atoms with Gasteiger partial charge in [-0.2, -0.15) is 0 Å². The van der Waals surface area contributed by atoms with Crippen LogP contribution in [0.2, 0.25) is 0 Å². The highest BCUT2D eigenvalue weighted by atomic mass is 16.4. The molecule has 4 radical (unpaired) electrons. The molecule has 1 fully saturated rings. The predicted octanol–water partition coefficient (Wildman–Crippen LogP) is 0.423. The van der Waals surface area contributed by atoms with Crippen molar-refractivity contribution in [2.75, 3.05) is 6.54 Å². The van der Waals surface area contributed by atoms with Crippen LogP contribution in [0.1, 0.15) is 54.4 Å². The monoisotopic (exact) mass is 363 g/mol. The van der Waals surface area contributed by atoms with Crippen molar-refractivity contribution in [3.05, 3.63) is 0 Å². The number of amides is 1. The van der Waals surface area contributed by atoms with Crippen LogP contribution in [0, 0.1) is 11.3 Å². The molecular weight excluding hydrogens is 332 g/mol. The second-order valence-electron chi connectivity index (χ2n) is 7.29. The maximum atomic E-state index is 12.5. The molecule has 0 saturated carbocycles. The Morgan fingerprint density at radius 2 is 1.85 bits per heavy atom. The van der Waals surface area contributed by atoms with Crippen LogP contribution < -0.4 is 10.5 Å². The normalized spacial score (nSPS) is 22.7. The molecule has 0 bridgehead atoms. The topological polar surface area (TPSA) is 98.7 Å². The summed E-state index contributed by atoms with van der Waals surface area (Å²) in [6.07, 6.45) is 0.635. The number of hydrogen-bond donors (Lipinski definition) is 3. The minimum Gasteiger partial charge on any atom is -0.480 e. The van der Waals surface area contributed by atoms with Gasteiger partial charge in [0.05, 0.1) is 6.04 Å². The van der Waals surface area contributed by atoms with Crippen LogP contribution in [0.25, 0.3) is 0 Å². The number of Topliss-reactive ketones (excluding diaryl/α,β-unsaturated/α-hetero) is 1. The fraction of sp³-hybridized carbons (Fsp3) is 0.824. The van der Waals surface area contributed by atoms with Gasteiger partial charge in [-0.1, -0.05) is 34.6 Å². The average molecular weight is 363 g/mol. The van der Waals surface area contributed by atoms with E-state index in [0.29, 0.717) is 13.0 Å². The zero-order valence-electron chi connectivity index (χ0n) is 16.7. The zero-order chi connectivity index (χ0) is 20.7. The Morgan fingerprint density at radius 3 is 2.23 bits per heavy atom. The van der Waals surface area contributed by atoms with Crippen LogP contribution in [0.15, 0.2) is 0 Å². The highest BCUT2D eigenvalue weighted by Crippen LogP contribution is 2.33. The summed E-state index contributed by atoms with van der Waals surface area (Å²) in [6, 6.07) is -1.87. The average Bonchev–Trinajstić information content (AvgIpc) is 2.93. The first kappa shape index (κ1) is 24.7. The van der Waals surface area contributed by atoms with E-state index in [1.807, 2.05) is 27.7 Å². The van der Waals surface area contributed by atoms with Crippen LogP contribution in [0.3, 0.4) is 0 Å². The van der Waals surface area contributed by atoms with Crippen molar-refractivity contribution >= 4 is 33.6 Å². The molecule has 0 aliphatic carbocycles. The molecule has 0 spiro atoms. The highest BCUT2D eigenvalue weighted by Gasteiger charge is 2.40. The maximum absolute atomic E-state index is 12.5. The lowest BCUT2D eigenvalue weighted by molar-refractivity contribution is -0.145. The smallest absolute Gasteiger partial charge is 0.326 e. The number of carbonyl (C=O) groups is 3. The second kappa shape index (κ2) is 10.7. The summed E-state index contributed by atoms with van der Waals surface area (Å²) in [5, 5.41) is 14.7. The maximum Gasteiger partial charge on any atom is 0.326 e. The quantitative estimate of drug-likeness (QED) is 0.541. The number of rotatable bonds is 8. The molecule has 4 unspecified atom stereocenters. The van der Waals surface area contributed by atoms with Crippen molar-refractivity contribution in [3.8, 4) is 0 Å². The van der Waals surface area contributed by atoms with Crippen LogP contribution in [-0.2, 0) is 14.4 Å². The fourth-order valence-electron chi connectivity index (χ4n) is 3.14. The molecule has 0 aromatic carbocycles. The summed E-state index contributed by atoms with van der Waals surface area (Å²) in [5.41, 5.74) is -0.568. The number of nitrogens with one attached hydrogen (secondary N) is 2. The summed E-state index contributed by atoms with van der Waals surface area (Å²) in [6.45, 7) is 11.2. The molecule has 1 aliphatic rings. The minimum atomic E-state index is -1.14. The van der Waals surface area contributed by atoms with Gasteiger partial charge in [0, 0.05) is 19.0 Å². The Kier molecular flexibility index (Phi) is 10.2. The molecular formula is C17H31B2N3O4. The van der Waals surface area contributed by atoms with E-state index in [-0.39, 0.29) is 18.2 Å². The Bertz CT molecular complexity index is 502. The SMILES string of the molecule is CC.[B]NC1CC(C(=O)NC(C(=O)O)C(C)C(C)(C)CC(C)=O)N([B])C1. The number of aliphatic carboxylic acids is 1. The van der Waals surface area contributed by atoms with E-state index in [1.54, 1.807) is 6.92 Å². The van der Waals surface area contributed by atoms with Gasteiger partial charge in [0.25, 0.3) is 0 Å². The molecule has 9 heteroatoms. The molecule has 4 atom stereocenters. The first-order chi connectivity index (χ1) is 12.0. The first-order valence-electron chi connectivity index (χ1n) is 8.99. The van der Waals surface area contributed by atoms with Crippen LogP contribution in [0.5, 0.6) is 0 Å². The Hall–Kier alpha value is -1.34. The first-order valence-corrected chi connectivity index (χ1v) is 8.99. The molecule has 0 aromatic rings. The molecule has 1 aliphatic heterocycles. The van der Waals surface area contributed by atoms with Gasteiger partial charge in [-0.25, -0.2) is 4.79 Å². The third kappa shape index (κ3) is 6.76. The van der Waals surface area contributed by atoms with Gasteiger partial charge < -0.3 is 25.3 Å². The van der Waals surface area contributed by atoms with Crippen molar-refractivity contribution in [3.63, 3.8) is 0 Å². The molecule has 1 saturated heterocycles. The highest BCUT2D eigenvalue weighted by molar-refractivity contribution is 6.08. The number of carbonyl (C=O) groups excluding carboxylic acids is 2. The molecule has 7 nitrogen and oxygen atoms in total. The van der Waals surface area contributed by atoms with Gasteiger partial charge in [-0.3, -0.25) is 4.79 Å². The summed E-state index contributed by atoms with van der Waals surface area (Å²) in [5.74, 6) is -2.06. The van der Waals surface area contributed by atoms with Crippen molar-refractivity contribution < 1.29 is 19.5 Å². The number of hydrogen-bond acceptors (Lipinski definition) is 5. The number of ketones is 1. The summed E-state index contributed by atoms with van der Waals surface area (Å²) >= 11 is 0. The third-order valence-corrected chi connectivity index (χ3v) is 4.88. The van der Waals surface area contributed by atoms with Gasteiger partial charge in [0.1, 0.15) is 11.8 Å².